The molecule has 0 aliphatic rings. The van der Waals surface area contributed by atoms with Crippen molar-refractivity contribution < 1.29 is 22.7 Å². The van der Waals surface area contributed by atoms with Gasteiger partial charge < -0.3 is 10.1 Å². The molecule has 0 aliphatic heterocycles. The van der Waals surface area contributed by atoms with E-state index in [1.165, 1.54) is 30.5 Å². The Morgan fingerprint density at radius 2 is 2.03 bits per heavy atom. The second kappa shape index (κ2) is 8.96. The van der Waals surface area contributed by atoms with E-state index in [2.05, 4.69) is 20.1 Å². The molecule has 3 rings (SSSR count). The number of anilines is 1. The number of carbonyl (C=O) groups is 1. The molecule has 0 radical (unpaired) electrons. The summed E-state index contributed by atoms with van der Waals surface area (Å²) in [5.74, 6) is -1.31. The van der Waals surface area contributed by atoms with E-state index >= 15 is 0 Å². The minimum absolute atomic E-state index is 0.0155. The van der Waals surface area contributed by atoms with Crippen molar-refractivity contribution in [3.63, 3.8) is 0 Å². The number of pyridine rings is 1. The average Bonchev–Trinajstić information content (AvgIpc) is 3.17. The summed E-state index contributed by atoms with van der Waals surface area (Å²) >= 11 is 6.11. The maximum absolute atomic E-state index is 13.0. The highest BCUT2D eigenvalue weighted by atomic mass is 35.5. The Labute approximate surface area is 184 Å². The maximum Gasteiger partial charge on any atom is 0.422 e. The van der Waals surface area contributed by atoms with Crippen LogP contribution < -0.4 is 10.1 Å². The zero-order valence-corrected chi connectivity index (χ0v) is 17.0. The average molecular weight is 461 g/mol. The minimum atomic E-state index is -4.61. The summed E-state index contributed by atoms with van der Waals surface area (Å²) in [4.78, 5) is 17.0. The zero-order chi connectivity index (χ0) is 23.5. The lowest BCUT2D eigenvalue weighted by molar-refractivity contribution is -0.154. The van der Waals surface area contributed by atoms with Crippen LogP contribution in [0.25, 0.3) is 5.82 Å². The van der Waals surface area contributed by atoms with Crippen LogP contribution in [-0.4, -0.2) is 33.5 Å². The lowest BCUT2D eigenvalue weighted by Crippen LogP contribution is -2.19. The van der Waals surface area contributed by atoms with Crippen molar-refractivity contribution in [2.75, 3.05) is 11.9 Å². The van der Waals surface area contributed by atoms with Crippen LogP contribution in [0.4, 0.5) is 18.9 Å². The van der Waals surface area contributed by atoms with Crippen molar-refractivity contribution in [2.45, 2.75) is 13.1 Å². The van der Waals surface area contributed by atoms with Crippen molar-refractivity contribution in [1.82, 2.24) is 14.8 Å². The largest absolute Gasteiger partial charge is 0.467 e. The van der Waals surface area contributed by atoms with Crippen LogP contribution in [0.15, 0.2) is 36.5 Å². The Bertz CT molecular complexity index is 1270. The lowest BCUT2D eigenvalue weighted by Gasteiger charge is -2.12. The molecular weight excluding hydrogens is 449 g/mol. The molecule has 0 aliphatic carbocycles. The van der Waals surface area contributed by atoms with Gasteiger partial charge in [0, 0.05) is 12.3 Å². The van der Waals surface area contributed by atoms with Gasteiger partial charge in [-0.05, 0) is 36.8 Å². The number of alkyl halides is 3. The number of amides is 1. The highest BCUT2D eigenvalue weighted by Gasteiger charge is 2.30. The predicted octanol–water partition coefficient (Wildman–Crippen LogP) is 4.17. The van der Waals surface area contributed by atoms with E-state index in [4.69, 9.17) is 16.9 Å². The normalized spacial score (nSPS) is 10.8. The molecule has 8 nitrogen and oxygen atoms in total. The molecular formula is C20H12ClF3N6O2. The summed E-state index contributed by atoms with van der Waals surface area (Å²) < 4.78 is 43.2. The summed E-state index contributed by atoms with van der Waals surface area (Å²) in [5, 5.41) is 24.9. The fourth-order valence-corrected chi connectivity index (χ4v) is 2.93. The first-order chi connectivity index (χ1) is 15.1. The Kier molecular flexibility index (Phi) is 6.32. The fraction of sp³-hybridized carbons (Fsp3) is 0.150. The SMILES string of the molecule is Cc1cc(C#N)cc(C#N)c1NC(=O)c1cc(OCC(F)(F)F)nn1-c1ncccc1Cl. The number of nitrogens with zero attached hydrogens (tertiary/aromatic N) is 5. The van der Waals surface area contributed by atoms with Gasteiger partial charge in [0.15, 0.2) is 12.4 Å². The third-order valence-corrected chi connectivity index (χ3v) is 4.36. The molecule has 0 atom stereocenters. The monoisotopic (exact) mass is 460 g/mol. The molecule has 0 spiro atoms. The molecule has 1 aromatic carbocycles. The van der Waals surface area contributed by atoms with Crippen LogP contribution in [0.5, 0.6) is 5.88 Å². The summed E-state index contributed by atoms with van der Waals surface area (Å²) in [7, 11) is 0. The number of aryl methyl sites for hydroxylation is 1. The Balaban J connectivity index is 2.04. The number of nitrogens with one attached hydrogen (secondary N) is 1. The first kappa shape index (κ1) is 22.6. The molecule has 3 aromatic rings. The standard InChI is InChI=1S/C20H12ClF3N6O2/c1-11-5-12(8-25)6-13(9-26)17(11)28-19(31)15-7-16(32-10-20(22,23)24)29-30(15)18-14(21)3-2-4-27-18/h2-7H,10H2,1H3,(H,28,31). The smallest absolute Gasteiger partial charge is 0.422 e. The second-order valence-electron chi connectivity index (χ2n) is 6.39. The van der Waals surface area contributed by atoms with E-state index < -0.39 is 24.6 Å². The van der Waals surface area contributed by atoms with Gasteiger partial charge >= 0.3 is 6.18 Å². The first-order valence-corrected chi connectivity index (χ1v) is 9.17. The Hall–Kier alpha value is -4.09. The van der Waals surface area contributed by atoms with Crippen LogP contribution in [0, 0.1) is 29.6 Å². The van der Waals surface area contributed by atoms with Crippen molar-refractivity contribution in [3.05, 3.63) is 63.9 Å². The highest BCUT2D eigenvalue weighted by molar-refractivity contribution is 6.32. The van der Waals surface area contributed by atoms with Crippen LogP contribution in [0.2, 0.25) is 5.02 Å². The van der Waals surface area contributed by atoms with Gasteiger partial charge in [0.2, 0.25) is 5.88 Å². The number of hydrogen-bond acceptors (Lipinski definition) is 6. The molecule has 0 bridgehead atoms. The molecule has 32 heavy (non-hydrogen) atoms. The van der Waals surface area contributed by atoms with Gasteiger partial charge in [-0.2, -0.15) is 23.7 Å². The lowest BCUT2D eigenvalue weighted by atomic mass is 10.0. The molecule has 0 fully saturated rings. The Morgan fingerprint density at radius 3 is 2.66 bits per heavy atom. The van der Waals surface area contributed by atoms with E-state index in [9.17, 15) is 23.2 Å². The van der Waals surface area contributed by atoms with E-state index in [-0.39, 0.29) is 33.3 Å². The quantitative estimate of drug-likeness (QED) is 0.611. The van der Waals surface area contributed by atoms with Crippen molar-refractivity contribution in [1.29, 1.82) is 10.5 Å². The minimum Gasteiger partial charge on any atom is -0.467 e. The van der Waals surface area contributed by atoms with Gasteiger partial charge in [-0.1, -0.05) is 11.6 Å². The third kappa shape index (κ3) is 4.96. The van der Waals surface area contributed by atoms with Crippen molar-refractivity contribution in [3.8, 4) is 23.8 Å². The number of halogens is 4. The molecule has 0 unspecified atom stereocenters. The van der Waals surface area contributed by atoms with Gasteiger partial charge in [0.1, 0.15) is 11.8 Å². The van der Waals surface area contributed by atoms with E-state index in [1.807, 2.05) is 12.1 Å². The van der Waals surface area contributed by atoms with E-state index in [1.54, 1.807) is 6.92 Å². The molecule has 162 valence electrons. The number of aromatic nitrogens is 3. The molecule has 0 saturated heterocycles. The van der Waals surface area contributed by atoms with Crippen LogP contribution in [0.1, 0.15) is 27.2 Å². The number of rotatable bonds is 5. The molecule has 1 amide bonds. The molecule has 2 aromatic heterocycles. The first-order valence-electron chi connectivity index (χ1n) is 8.79. The number of nitriles is 2. The van der Waals surface area contributed by atoms with Gasteiger partial charge in [-0.25, -0.2) is 9.67 Å². The summed E-state index contributed by atoms with van der Waals surface area (Å²) in [6.07, 6.45) is -3.25. The van der Waals surface area contributed by atoms with Crippen LogP contribution >= 0.6 is 11.6 Å². The zero-order valence-electron chi connectivity index (χ0n) is 16.2. The molecule has 2 heterocycles. The summed E-state index contributed by atoms with van der Waals surface area (Å²) in [5.41, 5.74) is 0.588. The van der Waals surface area contributed by atoms with E-state index in [0.29, 0.717) is 5.56 Å². The summed E-state index contributed by atoms with van der Waals surface area (Å²) in [6.45, 7) is -0.0313. The molecule has 1 N–H and O–H groups in total. The molecule has 12 heteroatoms. The topological polar surface area (TPSA) is 117 Å². The van der Waals surface area contributed by atoms with Crippen molar-refractivity contribution in [2.24, 2.45) is 0 Å². The fourth-order valence-electron chi connectivity index (χ4n) is 2.73. The summed E-state index contributed by atoms with van der Waals surface area (Å²) in [6, 6.07) is 10.6. The van der Waals surface area contributed by atoms with Gasteiger partial charge in [0.05, 0.1) is 27.9 Å². The number of carbonyl (C=O) groups excluding carboxylic acids is 1. The third-order valence-electron chi connectivity index (χ3n) is 4.07. The van der Waals surface area contributed by atoms with Gasteiger partial charge in [-0.15, -0.1) is 5.10 Å². The number of benzene rings is 1. The van der Waals surface area contributed by atoms with E-state index in [0.717, 1.165) is 10.7 Å². The number of ether oxygens (including phenoxy) is 1. The number of hydrogen-bond donors (Lipinski definition) is 1. The van der Waals surface area contributed by atoms with Gasteiger partial charge in [-0.3, -0.25) is 4.79 Å². The maximum atomic E-state index is 13.0. The second-order valence-corrected chi connectivity index (χ2v) is 6.79. The Morgan fingerprint density at radius 1 is 1.28 bits per heavy atom. The molecule has 0 saturated carbocycles. The van der Waals surface area contributed by atoms with Crippen molar-refractivity contribution >= 4 is 23.2 Å². The van der Waals surface area contributed by atoms with Gasteiger partial charge in [0.25, 0.3) is 5.91 Å². The highest BCUT2D eigenvalue weighted by Crippen LogP contribution is 2.26. The van der Waals surface area contributed by atoms with Crippen LogP contribution in [-0.2, 0) is 0 Å². The van der Waals surface area contributed by atoms with Crippen LogP contribution in [0.3, 0.4) is 0 Å². The predicted molar refractivity (Wildman–Crippen MR) is 106 cm³/mol.